The summed E-state index contributed by atoms with van der Waals surface area (Å²) in [5.74, 6) is 1.69. The molecule has 0 aromatic heterocycles. The topological polar surface area (TPSA) is 18.5 Å². The summed E-state index contributed by atoms with van der Waals surface area (Å²) in [6, 6.07) is 6.20. The smallest absolute Gasteiger partial charge is 0.231 e. The van der Waals surface area contributed by atoms with Crippen molar-refractivity contribution < 1.29 is 9.47 Å². The summed E-state index contributed by atoms with van der Waals surface area (Å²) in [7, 11) is 0. The lowest BCUT2D eigenvalue weighted by Gasteiger charge is -2.30. The zero-order valence-corrected chi connectivity index (χ0v) is 11.0. The summed E-state index contributed by atoms with van der Waals surface area (Å²) in [5, 5.41) is 0. The fourth-order valence-corrected chi connectivity index (χ4v) is 2.83. The van der Waals surface area contributed by atoms with Gasteiger partial charge in [0.25, 0.3) is 0 Å². The van der Waals surface area contributed by atoms with Crippen LogP contribution in [0.1, 0.15) is 26.3 Å². The minimum absolute atomic E-state index is 0.0656. The zero-order chi connectivity index (χ0) is 12.8. The first kappa shape index (κ1) is 11.4. The molecule has 1 atom stereocenters. The molecule has 93 valence electrons. The fraction of sp³-hybridized carbons (Fsp3) is 0.312. The van der Waals surface area contributed by atoms with Gasteiger partial charge in [-0.05, 0) is 31.5 Å². The molecule has 3 rings (SSSR count). The van der Waals surface area contributed by atoms with Crippen molar-refractivity contribution in [3.05, 3.63) is 53.5 Å². The van der Waals surface area contributed by atoms with Crippen LogP contribution in [0.3, 0.4) is 0 Å². The summed E-state index contributed by atoms with van der Waals surface area (Å²) < 4.78 is 10.8. The van der Waals surface area contributed by atoms with Crippen LogP contribution >= 0.6 is 0 Å². The molecule has 0 fully saturated rings. The first-order valence-corrected chi connectivity index (χ1v) is 6.21. The van der Waals surface area contributed by atoms with Gasteiger partial charge >= 0.3 is 0 Å². The number of hydrogen-bond donors (Lipinski definition) is 0. The summed E-state index contributed by atoms with van der Waals surface area (Å²) in [4.78, 5) is 0. The van der Waals surface area contributed by atoms with Crippen molar-refractivity contribution in [3.8, 4) is 11.5 Å². The van der Waals surface area contributed by atoms with Crippen LogP contribution in [0.25, 0.3) is 0 Å². The van der Waals surface area contributed by atoms with Crippen molar-refractivity contribution in [2.75, 3.05) is 6.79 Å². The fourth-order valence-electron chi connectivity index (χ4n) is 2.83. The normalized spacial score (nSPS) is 25.7. The predicted molar refractivity (Wildman–Crippen MR) is 71.7 cm³/mol. The van der Waals surface area contributed by atoms with Crippen molar-refractivity contribution in [1.82, 2.24) is 0 Å². The summed E-state index contributed by atoms with van der Waals surface area (Å²) >= 11 is 0. The van der Waals surface area contributed by atoms with Crippen molar-refractivity contribution >= 4 is 0 Å². The van der Waals surface area contributed by atoms with Gasteiger partial charge in [-0.3, -0.25) is 0 Å². The van der Waals surface area contributed by atoms with Gasteiger partial charge in [-0.2, -0.15) is 0 Å². The maximum absolute atomic E-state index is 5.46. The Morgan fingerprint density at radius 1 is 1.06 bits per heavy atom. The Bertz CT molecular complexity index is 554. The summed E-state index contributed by atoms with van der Waals surface area (Å²) in [5.41, 5.74) is 3.77. The Hall–Kier alpha value is -1.70. The molecule has 0 spiro atoms. The average molecular weight is 241 g/mol. The number of fused-ring (bicyclic) bond motifs is 1. The highest BCUT2D eigenvalue weighted by Gasteiger charge is 2.29. The van der Waals surface area contributed by atoms with Gasteiger partial charge in [0.2, 0.25) is 6.79 Å². The molecule has 0 saturated heterocycles. The number of hydrogen-bond acceptors (Lipinski definition) is 2. The first-order valence-electron chi connectivity index (χ1n) is 6.21. The van der Waals surface area contributed by atoms with Gasteiger partial charge in [0.1, 0.15) is 0 Å². The molecule has 1 aliphatic heterocycles. The van der Waals surface area contributed by atoms with Crippen LogP contribution in [0.2, 0.25) is 0 Å². The number of benzene rings is 1. The van der Waals surface area contributed by atoms with Crippen LogP contribution in [0.5, 0.6) is 11.5 Å². The Kier molecular flexibility index (Phi) is 2.47. The maximum Gasteiger partial charge on any atom is 0.231 e. The van der Waals surface area contributed by atoms with E-state index in [0.29, 0.717) is 6.79 Å². The molecule has 0 saturated carbocycles. The van der Waals surface area contributed by atoms with Crippen LogP contribution in [0.4, 0.5) is 0 Å². The maximum atomic E-state index is 5.46. The van der Waals surface area contributed by atoms with E-state index in [2.05, 4.69) is 51.5 Å². The van der Waals surface area contributed by atoms with Crippen molar-refractivity contribution in [3.63, 3.8) is 0 Å². The highest BCUT2D eigenvalue weighted by Crippen LogP contribution is 2.41. The molecular weight excluding hydrogens is 224 g/mol. The zero-order valence-electron chi connectivity index (χ0n) is 11.0. The first-order chi connectivity index (χ1) is 8.57. The molecule has 1 aliphatic carbocycles. The van der Waals surface area contributed by atoms with Crippen LogP contribution in [0, 0.1) is 6.42 Å². The van der Waals surface area contributed by atoms with Crippen molar-refractivity contribution in [2.24, 2.45) is 0 Å². The van der Waals surface area contributed by atoms with Crippen LogP contribution in [0.15, 0.2) is 41.5 Å². The molecule has 1 aromatic carbocycles. The second-order valence-corrected chi connectivity index (χ2v) is 5.27. The van der Waals surface area contributed by atoms with E-state index in [0.717, 1.165) is 11.5 Å². The van der Waals surface area contributed by atoms with E-state index in [9.17, 15) is 0 Å². The molecule has 1 aromatic rings. The molecule has 2 aliphatic rings. The number of rotatable bonds is 1. The molecular formula is C16H17O2. The summed E-state index contributed by atoms with van der Waals surface area (Å²) in [6.45, 7) is 6.83. The number of ether oxygens (including phenoxy) is 2. The second kappa shape index (κ2) is 3.91. The van der Waals surface area contributed by atoms with Crippen molar-refractivity contribution in [2.45, 2.75) is 26.2 Å². The van der Waals surface area contributed by atoms with E-state index in [1.807, 2.05) is 6.07 Å². The molecule has 2 heteroatoms. The van der Waals surface area contributed by atoms with E-state index >= 15 is 0 Å². The molecule has 1 radical (unpaired) electrons. The Morgan fingerprint density at radius 2 is 1.83 bits per heavy atom. The van der Waals surface area contributed by atoms with Gasteiger partial charge in [0.05, 0.1) is 0 Å². The van der Waals surface area contributed by atoms with Gasteiger partial charge in [0.15, 0.2) is 11.5 Å². The van der Waals surface area contributed by atoms with Crippen LogP contribution < -0.4 is 9.47 Å². The van der Waals surface area contributed by atoms with Crippen LogP contribution in [-0.4, -0.2) is 6.79 Å². The molecule has 0 amide bonds. The lowest BCUT2D eigenvalue weighted by molar-refractivity contribution is 0.174. The minimum Gasteiger partial charge on any atom is -0.454 e. The van der Waals surface area contributed by atoms with E-state index < -0.39 is 0 Å². The molecule has 18 heavy (non-hydrogen) atoms. The second-order valence-electron chi connectivity index (χ2n) is 5.27. The van der Waals surface area contributed by atoms with Gasteiger partial charge < -0.3 is 9.47 Å². The highest BCUT2D eigenvalue weighted by atomic mass is 16.7. The highest BCUT2D eigenvalue weighted by molar-refractivity contribution is 5.52. The van der Waals surface area contributed by atoms with Crippen molar-refractivity contribution in [1.29, 1.82) is 0 Å². The lowest BCUT2D eigenvalue weighted by Crippen LogP contribution is -2.23. The monoisotopic (exact) mass is 241 g/mol. The molecule has 1 unspecified atom stereocenters. The van der Waals surface area contributed by atoms with E-state index in [1.54, 1.807) is 0 Å². The molecule has 1 heterocycles. The molecule has 2 nitrogen and oxygen atoms in total. The largest absolute Gasteiger partial charge is 0.454 e. The Morgan fingerprint density at radius 3 is 2.61 bits per heavy atom. The van der Waals surface area contributed by atoms with Gasteiger partial charge in [-0.15, -0.1) is 0 Å². The third-order valence-corrected chi connectivity index (χ3v) is 3.50. The van der Waals surface area contributed by atoms with Gasteiger partial charge in [-0.1, -0.05) is 36.3 Å². The van der Waals surface area contributed by atoms with E-state index in [1.165, 1.54) is 16.7 Å². The molecule has 0 bridgehead atoms. The third-order valence-electron chi connectivity index (χ3n) is 3.50. The van der Waals surface area contributed by atoms with E-state index in [-0.39, 0.29) is 5.41 Å². The van der Waals surface area contributed by atoms with Crippen LogP contribution in [-0.2, 0) is 5.41 Å². The number of allylic oxidation sites excluding steroid dienone is 4. The minimum atomic E-state index is -0.0656. The average Bonchev–Trinajstić information content (AvgIpc) is 2.73. The van der Waals surface area contributed by atoms with E-state index in [4.69, 9.17) is 9.47 Å². The third kappa shape index (κ3) is 1.82. The molecule has 0 N–H and O–H groups in total. The summed E-state index contributed by atoms with van der Waals surface area (Å²) in [6.07, 6.45) is 6.78. The Balaban J connectivity index is 2.02. The predicted octanol–water partition coefficient (Wildman–Crippen LogP) is 3.78. The van der Waals surface area contributed by atoms with Gasteiger partial charge in [0, 0.05) is 11.8 Å². The SMILES string of the molecule is CC1=CC(C)=CC(C)(c2ccc3c(c2)OCO3)[CH]1. The lowest BCUT2D eigenvalue weighted by atomic mass is 9.73. The standard InChI is InChI=1S/C16H17O2/c1-11-6-12(2)9-16(3,8-11)13-4-5-14-15(7-13)18-10-17-14/h4-9H,10H2,1-3H3. The quantitative estimate of drug-likeness (QED) is 0.745. The van der Waals surface area contributed by atoms with Gasteiger partial charge in [-0.25, -0.2) is 0 Å². The Labute approximate surface area is 108 Å².